The number of hydrogen-bond acceptors (Lipinski definition) is 2. The summed E-state index contributed by atoms with van der Waals surface area (Å²) >= 11 is 1.60. The summed E-state index contributed by atoms with van der Waals surface area (Å²) in [6.45, 7) is 6.97. The molecular weight excluding hydrogens is 118 g/mol. The second-order valence-corrected chi connectivity index (χ2v) is 1.94. The normalized spacial score (nSPS) is 9.50. The summed E-state index contributed by atoms with van der Waals surface area (Å²) in [5, 5.41) is 0. The number of hydrogen-bond donors (Lipinski definition) is 0. The monoisotopic (exact) mass is 127 g/mol. The molecule has 0 spiro atoms. The zero-order valence-electron chi connectivity index (χ0n) is 4.71. The van der Waals surface area contributed by atoms with Crippen LogP contribution in [0.25, 0.3) is 0 Å². The van der Waals surface area contributed by atoms with E-state index in [-0.39, 0.29) is 0 Å². The molecule has 1 nitrogen and oxygen atoms in total. The summed E-state index contributed by atoms with van der Waals surface area (Å²) in [5.41, 5.74) is 1.74. The van der Waals surface area contributed by atoms with Crippen LogP contribution >= 0.6 is 11.8 Å². The highest BCUT2D eigenvalue weighted by atomic mass is 32.2. The Kier molecular flexibility index (Phi) is 6.09. The van der Waals surface area contributed by atoms with Crippen molar-refractivity contribution in [1.29, 1.82) is 0 Å². The molecular formula is C6H9NS. The van der Waals surface area contributed by atoms with Crippen LogP contribution in [0.2, 0.25) is 0 Å². The molecule has 0 aromatic carbocycles. The summed E-state index contributed by atoms with van der Waals surface area (Å²) in [4.78, 5) is 3.76. The van der Waals surface area contributed by atoms with Crippen LogP contribution < -0.4 is 0 Å². The molecule has 0 fully saturated rings. The van der Waals surface area contributed by atoms with Crippen LogP contribution in [0, 0.1) is 0 Å². The van der Waals surface area contributed by atoms with Crippen LogP contribution in [0.1, 0.15) is 0 Å². The quantitative estimate of drug-likeness (QED) is 0.244. The molecule has 0 saturated carbocycles. The van der Waals surface area contributed by atoms with Crippen molar-refractivity contribution in [3.8, 4) is 0 Å². The maximum absolute atomic E-state index is 3.76. The van der Waals surface area contributed by atoms with Gasteiger partial charge in [-0.1, -0.05) is 12.7 Å². The molecule has 0 heterocycles. The van der Waals surface area contributed by atoms with Gasteiger partial charge in [0.15, 0.2) is 0 Å². The van der Waals surface area contributed by atoms with Crippen LogP contribution in [-0.4, -0.2) is 11.3 Å². The summed E-state index contributed by atoms with van der Waals surface area (Å²) in [6, 6.07) is 0. The molecule has 0 bridgehead atoms. The zero-order chi connectivity index (χ0) is 6.24. The Hall–Kier alpha value is -0.500. The van der Waals surface area contributed by atoms with Gasteiger partial charge >= 0.3 is 0 Å². The third kappa shape index (κ3) is 5.50. The Labute approximate surface area is 54.2 Å². The van der Waals surface area contributed by atoms with Crippen LogP contribution in [0.15, 0.2) is 30.4 Å². The maximum Gasteiger partial charge on any atom is 0.0599 e. The van der Waals surface area contributed by atoms with Gasteiger partial charge in [0, 0.05) is 12.0 Å². The van der Waals surface area contributed by atoms with Crippen molar-refractivity contribution in [3.63, 3.8) is 0 Å². The standard InChI is InChI=1S/C6H9NS/c1-3-5-8-6-7-4-2/h3-4,6H,1-2,5H2. The van der Waals surface area contributed by atoms with E-state index in [1.54, 1.807) is 17.3 Å². The Morgan fingerprint density at radius 1 is 1.50 bits per heavy atom. The number of thioether (sulfide) groups is 1. The van der Waals surface area contributed by atoms with Crippen molar-refractivity contribution < 1.29 is 0 Å². The van der Waals surface area contributed by atoms with Gasteiger partial charge in [0.25, 0.3) is 0 Å². The topological polar surface area (TPSA) is 12.4 Å². The molecule has 0 aliphatic rings. The van der Waals surface area contributed by atoms with Gasteiger partial charge in [-0.15, -0.1) is 18.3 Å². The lowest BCUT2D eigenvalue weighted by molar-refractivity contribution is 1.64. The summed E-state index contributed by atoms with van der Waals surface area (Å²) < 4.78 is 0. The van der Waals surface area contributed by atoms with Crippen LogP contribution in [0.4, 0.5) is 0 Å². The third-order valence-electron chi connectivity index (χ3n) is 0.455. The van der Waals surface area contributed by atoms with Gasteiger partial charge < -0.3 is 0 Å². The van der Waals surface area contributed by atoms with Crippen LogP contribution in [-0.2, 0) is 0 Å². The van der Waals surface area contributed by atoms with E-state index in [4.69, 9.17) is 0 Å². The Morgan fingerprint density at radius 2 is 2.25 bits per heavy atom. The molecule has 0 aromatic rings. The first-order valence-corrected chi connectivity index (χ1v) is 3.31. The van der Waals surface area contributed by atoms with Crippen molar-refractivity contribution >= 4 is 17.3 Å². The average molecular weight is 127 g/mol. The van der Waals surface area contributed by atoms with Crippen molar-refractivity contribution in [2.75, 3.05) is 5.75 Å². The van der Waals surface area contributed by atoms with E-state index in [0.717, 1.165) is 5.75 Å². The smallest absolute Gasteiger partial charge is 0.0599 e. The van der Waals surface area contributed by atoms with Crippen molar-refractivity contribution in [2.45, 2.75) is 0 Å². The number of rotatable bonds is 4. The first-order chi connectivity index (χ1) is 3.91. The maximum atomic E-state index is 3.76. The molecule has 8 heavy (non-hydrogen) atoms. The lowest BCUT2D eigenvalue weighted by Crippen LogP contribution is -1.65. The molecule has 0 amide bonds. The second-order valence-electron chi connectivity index (χ2n) is 1.06. The molecule has 0 atom stereocenters. The number of aliphatic imine (C=N–C) groups is 1. The van der Waals surface area contributed by atoms with Gasteiger partial charge in [0.05, 0.1) is 5.55 Å². The van der Waals surface area contributed by atoms with Crippen LogP contribution in [0.3, 0.4) is 0 Å². The predicted octanol–water partition coefficient (Wildman–Crippen LogP) is 2.08. The highest BCUT2D eigenvalue weighted by molar-refractivity contribution is 8.12. The van der Waals surface area contributed by atoms with Gasteiger partial charge in [0.2, 0.25) is 0 Å². The largest absolute Gasteiger partial charge is 0.258 e. The molecule has 0 aliphatic heterocycles. The van der Waals surface area contributed by atoms with Crippen molar-refractivity contribution in [1.82, 2.24) is 0 Å². The van der Waals surface area contributed by atoms with E-state index < -0.39 is 0 Å². The van der Waals surface area contributed by atoms with Gasteiger partial charge in [-0.25, -0.2) is 0 Å². The second kappa shape index (κ2) is 6.50. The lowest BCUT2D eigenvalue weighted by atomic mass is 10.8. The predicted molar refractivity (Wildman–Crippen MR) is 41.3 cm³/mol. The molecule has 44 valence electrons. The number of nitrogens with zero attached hydrogens (tertiary/aromatic N) is 1. The fourth-order valence-electron chi connectivity index (χ4n) is 0.197. The summed E-state index contributed by atoms with van der Waals surface area (Å²) in [6.07, 6.45) is 3.34. The minimum Gasteiger partial charge on any atom is -0.258 e. The van der Waals surface area contributed by atoms with Gasteiger partial charge in [0.1, 0.15) is 0 Å². The van der Waals surface area contributed by atoms with E-state index in [2.05, 4.69) is 18.2 Å². The highest BCUT2D eigenvalue weighted by Crippen LogP contribution is 1.92. The average Bonchev–Trinajstić information content (AvgIpc) is 1.81. The molecule has 0 aliphatic carbocycles. The molecule has 0 N–H and O–H groups in total. The van der Waals surface area contributed by atoms with Gasteiger partial charge in [-0.2, -0.15) is 0 Å². The Bertz CT molecular complexity index is 96.7. The van der Waals surface area contributed by atoms with E-state index in [1.165, 1.54) is 6.20 Å². The third-order valence-corrected chi connectivity index (χ3v) is 1.15. The van der Waals surface area contributed by atoms with E-state index >= 15 is 0 Å². The minimum atomic E-state index is 0.914. The zero-order valence-corrected chi connectivity index (χ0v) is 5.53. The molecule has 0 rings (SSSR count). The van der Waals surface area contributed by atoms with E-state index in [1.807, 2.05) is 6.08 Å². The Morgan fingerprint density at radius 3 is 2.75 bits per heavy atom. The highest BCUT2D eigenvalue weighted by Gasteiger charge is 1.70. The van der Waals surface area contributed by atoms with Crippen molar-refractivity contribution in [2.24, 2.45) is 4.99 Å². The van der Waals surface area contributed by atoms with Crippen LogP contribution in [0.5, 0.6) is 0 Å². The lowest BCUT2D eigenvalue weighted by Gasteiger charge is -1.79. The fraction of sp³-hybridized carbons (Fsp3) is 0.167. The summed E-state index contributed by atoms with van der Waals surface area (Å²) in [5.74, 6) is 0.914. The molecule has 0 unspecified atom stereocenters. The Balaban J connectivity index is 3.02. The van der Waals surface area contributed by atoms with Gasteiger partial charge in [-0.3, -0.25) is 4.99 Å². The SMILES string of the molecule is C=CCSC=NC=C. The van der Waals surface area contributed by atoms with Crippen molar-refractivity contribution in [3.05, 3.63) is 25.4 Å². The van der Waals surface area contributed by atoms with E-state index in [9.17, 15) is 0 Å². The first kappa shape index (κ1) is 7.50. The van der Waals surface area contributed by atoms with E-state index in [0.29, 0.717) is 0 Å². The molecule has 0 radical (unpaired) electrons. The molecule has 2 heteroatoms. The first-order valence-electron chi connectivity index (χ1n) is 2.27. The molecule has 0 saturated heterocycles. The fourth-order valence-corrected chi connectivity index (χ4v) is 0.591. The van der Waals surface area contributed by atoms with Gasteiger partial charge in [-0.05, 0) is 0 Å². The molecule has 0 aromatic heterocycles. The minimum absolute atomic E-state index is 0.914. The summed E-state index contributed by atoms with van der Waals surface area (Å²) in [7, 11) is 0.